The van der Waals surface area contributed by atoms with Crippen molar-refractivity contribution in [2.45, 2.75) is 6.92 Å². The van der Waals surface area contributed by atoms with Gasteiger partial charge in [0.25, 0.3) is 0 Å². The number of hydrogen-bond donors (Lipinski definition) is 0. The lowest BCUT2D eigenvalue weighted by Crippen LogP contribution is -2.12. The largest absolute Gasteiger partial charge is 0.491 e. The van der Waals surface area contributed by atoms with E-state index in [0.717, 1.165) is 28.1 Å². The van der Waals surface area contributed by atoms with E-state index in [1.54, 1.807) is 6.07 Å². The molecule has 0 atom stereocenters. The summed E-state index contributed by atoms with van der Waals surface area (Å²) in [6.45, 7) is 3.88. The summed E-state index contributed by atoms with van der Waals surface area (Å²) in [4.78, 5) is 4.55. The molecule has 0 bridgehead atoms. The molecule has 0 aliphatic carbocycles. The van der Waals surface area contributed by atoms with Crippen molar-refractivity contribution in [1.29, 1.82) is 0 Å². The van der Waals surface area contributed by atoms with E-state index in [4.69, 9.17) is 25.8 Å². The third-order valence-corrected chi connectivity index (χ3v) is 3.84. The second-order valence-electron chi connectivity index (χ2n) is 5.55. The van der Waals surface area contributed by atoms with Crippen LogP contribution >= 0.6 is 11.6 Å². The second kappa shape index (κ2) is 8.70. The van der Waals surface area contributed by atoms with Gasteiger partial charge in [0.15, 0.2) is 0 Å². The minimum Gasteiger partial charge on any atom is -0.491 e. The van der Waals surface area contributed by atoms with Gasteiger partial charge in [0.05, 0.1) is 13.2 Å². The summed E-state index contributed by atoms with van der Waals surface area (Å²) in [6.07, 6.45) is 0. The van der Waals surface area contributed by atoms with Crippen LogP contribution in [0.15, 0.2) is 54.6 Å². The Morgan fingerprint density at radius 2 is 1.68 bits per heavy atom. The van der Waals surface area contributed by atoms with Gasteiger partial charge < -0.3 is 14.2 Å². The Kier molecular flexibility index (Phi) is 6.09. The molecule has 0 aliphatic rings. The first kappa shape index (κ1) is 17.5. The number of ether oxygens (including phenoxy) is 3. The zero-order valence-corrected chi connectivity index (χ0v) is 14.8. The fourth-order valence-corrected chi connectivity index (χ4v) is 2.60. The Morgan fingerprint density at radius 3 is 2.52 bits per heavy atom. The first-order valence-corrected chi connectivity index (χ1v) is 8.55. The summed E-state index contributed by atoms with van der Waals surface area (Å²) in [7, 11) is 0. The number of rotatable bonds is 8. The lowest BCUT2D eigenvalue weighted by Gasteiger charge is -2.10. The van der Waals surface area contributed by atoms with E-state index >= 15 is 0 Å². The van der Waals surface area contributed by atoms with Crippen LogP contribution in [0, 0.1) is 6.92 Å². The van der Waals surface area contributed by atoms with E-state index < -0.39 is 0 Å². The second-order valence-corrected chi connectivity index (χ2v) is 5.98. The van der Waals surface area contributed by atoms with Gasteiger partial charge in [-0.25, -0.2) is 4.98 Å². The molecule has 0 radical (unpaired) electrons. The molecule has 0 unspecified atom stereocenters. The van der Waals surface area contributed by atoms with Gasteiger partial charge in [-0.3, -0.25) is 0 Å². The highest BCUT2D eigenvalue weighted by atomic mass is 35.5. The number of aromatic nitrogens is 1. The van der Waals surface area contributed by atoms with Crippen LogP contribution < -0.4 is 9.47 Å². The molecule has 0 aliphatic heterocycles. The van der Waals surface area contributed by atoms with E-state index in [9.17, 15) is 0 Å². The molecule has 0 amide bonds. The average Bonchev–Trinajstić information content (AvgIpc) is 2.61. The monoisotopic (exact) mass is 357 g/mol. The maximum atomic E-state index is 5.90. The van der Waals surface area contributed by atoms with Crippen LogP contribution in [0.3, 0.4) is 0 Å². The van der Waals surface area contributed by atoms with Gasteiger partial charge in [0.2, 0.25) is 0 Å². The SMILES string of the molecule is Cc1ccc2cccc(OCCOCCOc3cccc(Cl)c3)c2n1. The van der Waals surface area contributed by atoms with E-state index in [0.29, 0.717) is 31.5 Å². The summed E-state index contributed by atoms with van der Waals surface area (Å²) in [5, 5.41) is 1.73. The van der Waals surface area contributed by atoms with Crippen LogP contribution in [0.25, 0.3) is 10.9 Å². The molecule has 1 aromatic heterocycles. The number of fused-ring (bicyclic) bond motifs is 1. The molecule has 1 heterocycles. The zero-order chi connectivity index (χ0) is 17.5. The van der Waals surface area contributed by atoms with Crippen LogP contribution in [0.2, 0.25) is 5.02 Å². The molecule has 0 fully saturated rings. The van der Waals surface area contributed by atoms with E-state index in [2.05, 4.69) is 4.98 Å². The lowest BCUT2D eigenvalue weighted by atomic mass is 10.2. The van der Waals surface area contributed by atoms with Crippen LogP contribution in [-0.2, 0) is 4.74 Å². The van der Waals surface area contributed by atoms with Gasteiger partial charge in [-0.1, -0.05) is 35.9 Å². The molecule has 4 nitrogen and oxygen atoms in total. The zero-order valence-electron chi connectivity index (χ0n) is 14.1. The van der Waals surface area contributed by atoms with Gasteiger partial charge in [0.1, 0.15) is 30.2 Å². The standard InChI is InChI=1S/C20H20ClNO3/c1-15-8-9-16-4-2-7-19(20(16)22-15)25-13-11-23-10-12-24-18-6-3-5-17(21)14-18/h2-9,14H,10-13H2,1H3. The third kappa shape index (κ3) is 5.08. The van der Waals surface area contributed by atoms with Gasteiger partial charge in [-0.05, 0) is 37.3 Å². The van der Waals surface area contributed by atoms with Crippen molar-refractivity contribution in [3.8, 4) is 11.5 Å². The maximum absolute atomic E-state index is 5.90. The topological polar surface area (TPSA) is 40.6 Å². The fourth-order valence-electron chi connectivity index (χ4n) is 2.42. The molecule has 0 N–H and O–H groups in total. The quantitative estimate of drug-likeness (QED) is 0.549. The predicted octanol–water partition coefficient (Wildman–Crippen LogP) is 4.67. The Morgan fingerprint density at radius 1 is 0.880 bits per heavy atom. The number of para-hydroxylation sites is 1. The molecule has 2 aromatic carbocycles. The first-order valence-electron chi connectivity index (χ1n) is 8.18. The average molecular weight is 358 g/mol. The van der Waals surface area contributed by atoms with Crippen LogP contribution in [0.1, 0.15) is 5.69 Å². The van der Waals surface area contributed by atoms with Crippen molar-refractivity contribution in [3.63, 3.8) is 0 Å². The maximum Gasteiger partial charge on any atom is 0.145 e. The van der Waals surface area contributed by atoms with Gasteiger partial charge >= 0.3 is 0 Å². The Balaban J connectivity index is 1.40. The van der Waals surface area contributed by atoms with E-state index in [1.807, 2.05) is 55.5 Å². The first-order chi connectivity index (χ1) is 12.2. The number of hydrogen-bond acceptors (Lipinski definition) is 4. The normalized spacial score (nSPS) is 10.8. The van der Waals surface area contributed by atoms with Crippen molar-refractivity contribution in [2.24, 2.45) is 0 Å². The Labute approximate surface area is 152 Å². The van der Waals surface area contributed by atoms with Gasteiger partial charge in [-0.15, -0.1) is 0 Å². The van der Waals surface area contributed by atoms with Gasteiger partial charge in [-0.2, -0.15) is 0 Å². The Bertz CT molecular complexity index is 838. The molecular formula is C20H20ClNO3. The van der Waals surface area contributed by atoms with Crippen LogP contribution in [0.5, 0.6) is 11.5 Å². The smallest absolute Gasteiger partial charge is 0.145 e. The molecular weight excluding hydrogens is 338 g/mol. The summed E-state index contributed by atoms with van der Waals surface area (Å²) in [5.41, 5.74) is 1.85. The summed E-state index contributed by atoms with van der Waals surface area (Å²) in [6, 6.07) is 17.3. The minimum absolute atomic E-state index is 0.464. The molecule has 25 heavy (non-hydrogen) atoms. The summed E-state index contributed by atoms with van der Waals surface area (Å²) in [5.74, 6) is 1.52. The molecule has 3 rings (SSSR count). The van der Waals surface area contributed by atoms with Crippen molar-refractivity contribution in [3.05, 3.63) is 65.3 Å². The molecule has 5 heteroatoms. The van der Waals surface area contributed by atoms with Crippen molar-refractivity contribution >= 4 is 22.5 Å². The molecule has 0 saturated heterocycles. The molecule has 0 spiro atoms. The summed E-state index contributed by atoms with van der Waals surface area (Å²) >= 11 is 5.90. The molecule has 3 aromatic rings. The lowest BCUT2D eigenvalue weighted by molar-refractivity contribution is 0.0767. The van der Waals surface area contributed by atoms with Crippen molar-refractivity contribution in [2.75, 3.05) is 26.4 Å². The molecule has 130 valence electrons. The van der Waals surface area contributed by atoms with Crippen LogP contribution in [-0.4, -0.2) is 31.4 Å². The van der Waals surface area contributed by atoms with Crippen molar-refractivity contribution in [1.82, 2.24) is 4.98 Å². The van der Waals surface area contributed by atoms with Crippen LogP contribution in [0.4, 0.5) is 0 Å². The predicted molar refractivity (Wildman–Crippen MR) is 99.7 cm³/mol. The highest BCUT2D eigenvalue weighted by Gasteiger charge is 2.04. The number of aryl methyl sites for hydroxylation is 1. The number of halogens is 1. The summed E-state index contributed by atoms with van der Waals surface area (Å²) < 4.78 is 16.9. The highest BCUT2D eigenvalue weighted by molar-refractivity contribution is 6.30. The van der Waals surface area contributed by atoms with Crippen molar-refractivity contribution < 1.29 is 14.2 Å². The van der Waals surface area contributed by atoms with E-state index in [-0.39, 0.29) is 0 Å². The fraction of sp³-hybridized carbons (Fsp3) is 0.250. The van der Waals surface area contributed by atoms with Gasteiger partial charge in [0, 0.05) is 16.1 Å². The third-order valence-electron chi connectivity index (χ3n) is 3.60. The Hall–Kier alpha value is -2.30. The van der Waals surface area contributed by atoms with E-state index in [1.165, 1.54) is 0 Å². The minimum atomic E-state index is 0.464. The number of nitrogens with zero attached hydrogens (tertiary/aromatic N) is 1. The highest BCUT2D eigenvalue weighted by Crippen LogP contribution is 2.23. The number of pyridine rings is 1. The molecule has 0 saturated carbocycles. The number of benzene rings is 2.